The molecule has 1 aliphatic heterocycles. The lowest BCUT2D eigenvalue weighted by molar-refractivity contribution is 0.0696. The Morgan fingerprint density at radius 2 is 1.02 bits per heavy atom. The van der Waals surface area contributed by atoms with Gasteiger partial charge in [-0.25, -0.2) is 14.6 Å². The van der Waals surface area contributed by atoms with Gasteiger partial charge >= 0.3 is 11.9 Å². The highest BCUT2D eigenvalue weighted by molar-refractivity contribution is 6.30. The zero-order chi connectivity index (χ0) is 32.7. The highest BCUT2D eigenvalue weighted by atomic mass is 16.4. The number of hydrogen-bond donors (Lipinski definition) is 3. The predicted octanol–water partition coefficient (Wildman–Crippen LogP) is 7.63. The summed E-state index contributed by atoms with van der Waals surface area (Å²) >= 11 is 0. The summed E-state index contributed by atoms with van der Waals surface area (Å²) < 4.78 is 1.51. The lowest BCUT2D eigenvalue weighted by Crippen LogP contribution is -2.09. The first-order chi connectivity index (χ1) is 22.8. The van der Waals surface area contributed by atoms with Crippen LogP contribution in [-0.2, 0) is 6.54 Å². The summed E-state index contributed by atoms with van der Waals surface area (Å²) in [5, 5.41) is 31.1. The Labute approximate surface area is 269 Å². The van der Waals surface area contributed by atoms with Crippen LogP contribution >= 0.6 is 0 Å². The number of aromatic nitrogens is 1. The first kappa shape index (κ1) is 29.2. The zero-order valence-electron chi connectivity index (χ0n) is 24.8. The van der Waals surface area contributed by atoms with Gasteiger partial charge in [0.15, 0.2) is 0 Å². The van der Waals surface area contributed by atoms with Crippen molar-refractivity contribution in [2.75, 3.05) is 0 Å². The highest BCUT2D eigenvalue weighted by Gasteiger charge is 2.36. The number of nitrogens with zero attached hydrogens (tertiary/aromatic N) is 2. The van der Waals surface area contributed by atoms with Crippen LogP contribution in [0.1, 0.15) is 47.8 Å². The van der Waals surface area contributed by atoms with Crippen molar-refractivity contribution in [2.45, 2.75) is 6.54 Å². The van der Waals surface area contributed by atoms with E-state index in [4.69, 9.17) is 0 Å². The number of hydrogen-bond acceptors (Lipinski definition) is 4. The van der Waals surface area contributed by atoms with Crippen LogP contribution in [0.15, 0.2) is 132 Å². The Kier molecular flexibility index (Phi) is 7.30. The Morgan fingerprint density at radius 3 is 1.51 bits per heavy atom. The van der Waals surface area contributed by atoms with Crippen LogP contribution in [-0.4, -0.2) is 43.4 Å². The van der Waals surface area contributed by atoms with Crippen LogP contribution in [0.25, 0.3) is 33.5 Å². The quantitative estimate of drug-likeness (QED) is 0.161. The SMILES string of the molecule is O=C(O)c1cc(Cn2c(O)c3c(c2-c2ccc(-c4ccccc4)cc2)C(=O)N=C3c2ccc(-c3ccccc3)cc2)cc(C(=O)O)c1. The number of benzene rings is 5. The smallest absolute Gasteiger partial charge is 0.335 e. The van der Waals surface area contributed by atoms with Crippen molar-refractivity contribution in [1.82, 2.24) is 4.57 Å². The molecule has 0 bridgehead atoms. The Hall–Kier alpha value is -6.54. The number of rotatable bonds is 8. The average molecular weight is 619 g/mol. The van der Waals surface area contributed by atoms with E-state index in [9.17, 15) is 29.7 Å². The Balaban J connectivity index is 1.37. The summed E-state index contributed by atoms with van der Waals surface area (Å²) in [4.78, 5) is 41.7. The molecule has 0 unspecified atom stereocenters. The molecular formula is C39H26N2O6. The maximum Gasteiger partial charge on any atom is 0.335 e. The van der Waals surface area contributed by atoms with Gasteiger partial charge in [-0.2, -0.15) is 0 Å². The molecule has 5 aromatic carbocycles. The second-order valence-electron chi connectivity index (χ2n) is 11.2. The second kappa shape index (κ2) is 11.8. The van der Waals surface area contributed by atoms with Crippen molar-refractivity contribution in [3.8, 4) is 39.4 Å². The van der Waals surface area contributed by atoms with E-state index in [2.05, 4.69) is 4.99 Å². The molecule has 7 rings (SSSR count). The van der Waals surface area contributed by atoms with E-state index in [0.717, 1.165) is 28.3 Å². The van der Waals surface area contributed by atoms with Crippen molar-refractivity contribution in [2.24, 2.45) is 4.99 Å². The van der Waals surface area contributed by atoms with Crippen LogP contribution in [0.4, 0.5) is 0 Å². The summed E-state index contributed by atoms with van der Waals surface area (Å²) in [7, 11) is 0. The van der Waals surface area contributed by atoms with Crippen molar-refractivity contribution >= 4 is 23.6 Å². The molecule has 228 valence electrons. The molecule has 8 heteroatoms. The minimum absolute atomic E-state index is 0.108. The molecule has 47 heavy (non-hydrogen) atoms. The largest absolute Gasteiger partial charge is 0.494 e. The number of carbonyl (C=O) groups excluding carboxylic acids is 1. The molecule has 6 aromatic rings. The molecule has 0 saturated carbocycles. The van der Waals surface area contributed by atoms with Crippen molar-refractivity contribution in [1.29, 1.82) is 0 Å². The minimum Gasteiger partial charge on any atom is -0.494 e. The van der Waals surface area contributed by atoms with Crippen LogP contribution in [0.3, 0.4) is 0 Å². The van der Waals surface area contributed by atoms with Gasteiger partial charge in [-0.15, -0.1) is 0 Å². The van der Waals surface area contributed by atoms with E-state index in [1.807, 2.05) is 109 Å². The maximum atomic E-state index is 13.7. The van der Waals surface area contributed by atoms with Crippen molar-refractivity contribution in [3.63, 3.8) is 0 Å². The van der Waals surface area contributed by atoms with Crippen LogP contribution in [0, 0.1) is 0 Å². The normalized spacial score (nSPS) is 12.1. The van der Waals surface area contributed by atoms with Gasteiger partial charge in [0.1, 0.15) is 0 Å². The molecule has 8 nitrogen and oxygen atoms in total. The number of carbonyl (C=O) groups is 3. The van der Waals surface area contributed by atoms with E-state index >= 15 is 0 Å². The first-order valence-electron chi connectivity index (χ1n) is 14.8. The van der Waals surface area contributed by atoms with E-state index in [1.165, 1.54) is 16.7 Å². The van der Waals surface area contributed by atoms with Crippen LogP contribution < -0.4 is 0 Å². The van der Waals surface area contributed by atoms with Crippen LogP contribution in [0.2, 0.25) is 0 Å². The summed E-state index contributed by atoms with van der Waals surface area (Å²) in [6.45, 7) is -0.108. The molecule has 1 aromatic heterocycles. The monoisotopic (exact) mass is 618 g/mol. The van der Waals surface area contributed by atoms with Crippen LogP contribution in [0.5, 0.6) is 5.88 Å². The number of amides is 1. The molecule has 1 amide bonds. The minimum atomic E-state index is -1.28. The highest BCUT2D eigenvalue weighted by Crippen LogP contribution is 2.42. The van der Waals surface area contributed by atoms with Gasteiger partial charge in [0.2, 0.25) is 5.88 Å². The molecule has 0 radical (unpaired) electrons. The van der Waals surface area contributed by atoms with Gasteiger partial charge < -0.3 is 19.9 Å². The first-order valence-corrected chi connectivity index (χ1v) is 14.8. The van der Waals surface area contributed by atoms with Gasteiger partial charge in [0.05, 0.1) is 40.2 Å². The molecule has 2 heterocycles. The van der Waals surface area contributed by atoms with E-state index in [1.54, 1.807) is 0 Å². The molecule has 0 atom stereocenters. The molecule has 1 aliphatic rings. The molecule has 0 spiro atoms. The van der Waals surface area contributed by atoms with Gasteiger partial charge in [0.25, 0.3) is 5.91 Å². The predicted molar refractivity (Wildman–Crippen MR) is 178 cm³/mol. The van der Waals surface area contributed by atoms with E-state index in [-0.39, 0.29) is 34.7 Å². The Bertz CT molecular complexity index is 2180. The second-order valence-corrected chi connectivity index (χ2v) is 11.2. The van der Waals surface area contributed by atoms with Gasteiger partial charge in [0, 0.05) is 5.56 Å². The van der Waals surface area contributed by atoms with Gasteiger partial charge in [-0.05, 0) is 51.6 Å². The third kappa shape index (κ3) is 5.38. The third-order valence-electron chi connectivity index (χ3n) is 8.26. The maximum absolute atomic E-state index is 13.7. The summed E-state index contributed by atoms with van der Waals surface area (Å²) in [5.74, 6) is -3.33. The standard InChI is InChI=1S/C39H26N2O6/c42-36-33-32(34(40-36)28-15-11-26(12-16-28)24-7-3-1-4-8-24)37(43)41(22-23-19-30(38(44)45)21-31(20-23)39(46)47)35(33)29-17-13-27(14-18-29)25-9-5-2-6-10-25/h1-21,43H,22H2,(H,44,45)(H,46,47). The van der Waals surface area contributed by atoms with Crippen molar-refractivity contribution in [3.05, 3.63) is 161 Å². The fraction of sp³-hybridized carbons (Fsp3) is 0.0256. The number of aliphatic imine (C=N–C) groups is 1. The Morgan fingerprint density at radius 1 is 0.574 bits per heavy atom. The number of carboxylic acid groups (broad SMARTS) is 2. The molecule has 3 N–H and O–H groups in total. The summed E-state index contributed by atoms with van der Waals surface area (Å²) in [5.41, 5.74) is 6.33. The fourth-order valence-corrected chi connectivity index (χ4v) is 6.03. The molecule has 0 saturated heterocycles. The van der Waals surface area contributed by atoms with E-state index < -0.39 is 17.8 Å². The molecule has 0 fully saturated rings. The third-order valence-corrected chi connectivity index (χ3v) is 8.26. The van der Waals surface area contributed by atoms with E-state index in [0.29, 0.717) is 28.1 Å². The van der Waals surface area contributed by atoms with Gasteiger partial charge in [-0.3, -0.25) is 4.79 Å². The summed E-state index contributed by atoms with van der Waals surface area (Å²) in [6, 6.07) is 38.6. The lowest BCUT2D eigenvalue weighted by atomic mass is 9.97. The number of aromatic hydroxyl groups is 1. The fourth-order valence-electron chi connectivity index (χ4n) is 6.03. The average Bonchev–Trinajstić information content (AvgIpc) is 3.59. The topological polar surface area (TPSA) is 129 Å². The number of carboxylic acids is 2. The lowest BCUT2D eigenvalue weighted by Gasteiger charge is -2.14. The molecule has 0 aliphatic carbocycles. The molecular weight excluding hydrogens is 592 g/mol. The number of fused-ring (bicyclic) bond motifs is 1. The van der Waals surface area contributed by atoms with Crippen molar-refractivity contribution < 1.29 is 29.7 Å². The summed E-state index contributed by atoms with van der Waals surface area (Å²) in [6.07, 6.45) is 0. The zero-order valence-corrected chi connectivity index (χ0v) is 24.8. The number of aromatic carboxylic acids is 2. The van der Waals surface area contributed by atoms with Gasteiger partial charge in [-0.1, -0.05) is 109 Å².